The number of rotatable bonds is 15. The van der Waals surface area contributed by atoms with Crippen molar-refractivity contribution in [3.05, 3.63) is 141 Å². The zero-order chi connectivity index (χ0) is 35.6. The Balaban J connectivity index is 1.56. The summed E-state index contributed by atoms with van der Waals surface area (Å²) in [5.74, 6) is 0.639. The Labute approximate surface area is 286 Å². The number of hydrogen-bond acceptors (Lipinski definition) is 8. The molecule has 1 amide bonds. The Bertz CT molecular complexity index is 1860. The number of carbonyl (C=O) groups excluding carboxylic acids is 1. The van der Waals surface area contributed by atoms with E-state index in [9.17, 15) is 18.0 Å². The third-order valence-corrected chi connectivity index (χ3v) is 8.06. The lowest BCUT2D eigenvalue weighted by molar-refractivity contribution is -0.137. The van der Waals surface area contributed by atoms with E-state index in [0.29, 0.717) is 52.3 Å². The number of nitrogens with one attached hydrogen (secondary N) is 2. The second-order valence-corrected chi connectivity index (χ2v) is 11.4. The molecule has 0 spiro atoms. The number of alkyl halides is 3. The summed E-state index contributed by atoms with van der Waals surface area (Å²) >= 11 is 0. The van der Waals surface area contributed by atoms with E-state index < -0.39 is 29.3 Å². The number of aliphatic hydroxyl groups excluding tert-OH is 1. The van der Waals surface area contributed by atoms with Gasteiger partial charge in [0.2, 0.25) is 5.90 Å². The van der Waals surface area contributed by atoms with Gasteiger partial charge < -0.3 is 19.3 Å². The van der Waals surface area contributed by atoms with Crippen LogP contribution in [0.5, 0.6) is 11.5 Å². The van der Waals surface area contributed by atoms with Gasteiger partial charge in [0, 0.05) is 36.5 Å². The van der Waals surface area contributed by atoms with Crippen molar-refractivity contribution in [2.45, 2.75) is 43.8 Å². The van der Waals surface area contributed by atoms with Crippen LogP contribution in [0.25, 0.3) is 10.4 Å². The number of benzene rings is 4. The van der Waals surface area contributed by atoms with Crippen LogP contribution in [0.1, 0.15) is 45.9 Å². The number of azide groups is 1. The van der Waals surface area contributed by atoms with Gasteiger partial charge in [-0.3, -0.25) is 10.2 Å². The SMILES string of the molecule is COc1cccc([C@@H]2OC(c3ccc(OCCCO)cc3)=N[C@]2(Cc2ccccc2CN=[N+]=[N-])C(=O)NNCc2cccc(C(F)(F)F)c2)c1. The number of carbonyl (C=O) groups is 1. The van der Waals surface area contributed by atoms with Gasteiger partial charge in [0.25, 0.3) is 5.91 Å². The topological polar surface area (TPSA) is 150 Å². The number of nitrogens with zero attached hydrogens (tertiary/aromatic N) is 4. The van der Waals surface area contributed by atoms with Gasteiger partial charge in [0.05, 0.1) is 25.8 Å². The molecule has 4 aromatic rings. The summed E-state index contributed by atoms with van der Waals surface area (Å²) in [4.78, 5) is 22.4. The second-order valence-electron chi connectivity index (χ2n) is 11.4. The van der Waals surface area contributed by atoms with Crippen LogP contribution in [-0.2, 0) is 35.2 Å². The van der Waals surface area contributed by atoms with Gasteiger partial charge in [-0.15, -0.1) is 0 Å². The molecule has 0 saturated heterocycles. The van der Waals surface area contributed by atoms with E-state index in [1.807, 2.05) is 6.07 Å². The number of hydrazine groups is 1. The fraction of sp³-hybridized carbons (Fsp3) is 0.278. The summed E-state index contributed by atoms with van der Waals surface area (Å²) in [5.41, 5.74) is 14.8. The van der Waals surface area contributed by atoms with Crippen LogP contribution in [0, 0.1) is 0 Å². The van der Waals surface area contributed by atoms with Gasteiger partial charge in [-0.2, -0.15) is 13.2 Å². The summed E-state index contributed by atoms with van der Waals surface area (Å²) in [6, 6.07) is 26.0. The van der Waals surface area contributed by atoms with Crippen molar-refractivity contribution in [3.63, 3.8) is 0 Å². The predicted molar refractivity (Wildman–Crippen MR) is 179 cm³/mol. The Hall–Kier alpha value is -5.56. The number of amides is 1. The van der Waals surface area contributed by atoms with Crippen molar-refractivity contribution in [1.29, 1.82) is 0 Å². The summed E-state index contributed by atoms with van der Waals surface area (Å²) in [7, 11) is 1.52. The molecule has 1 aliphatic heterocycles. The maximum absolute atomic E-state index is 14.5. The van der Waals surface area contributed by atoms with Crippen molar-refractivity contribution < 1.29 is 37.3 Å². The zero-order valence-electron chi connectivity index (χ0n) is 27.1. The van der Waals surface area contributed by atoms with Crippen LogP contribution in [0.3, 0.4) is 0 Å². The summed E-state index contributed by atoms with van der Waals surface area (Å²) in [5, 5.41) is 12.8. The lowest BCUT2D eigenvalue weighted by Crippen LogP contribution is -2.53. The first kappa shape index (κ1) is 35.7. The van der Waals surface area contributed by atoms with Gasteiger partial charge >= 0.3 is 6.18 Å². The molecule has 0 saturated carbocycles. The van der Waals surface area contributed by atoms with E-state index in [0.717, 1.165) is 12.1 Å². The van der Waals surface area contributed by atoms with Crippen molar-refractivity contribution in [3.8, 4) is 11.5 Å². The number of aliphatic imine (C=N–C) groups is 1. The van der Waals surface area contributed by atoms with Gasteiger partial charge in [-0.1, -0.05) is 59.7 Å². The Kier molecular flexibility index (Phi) is 11.6. The molecular weight excluding hydrogens is 653 g/mol. The predicted octanol–water partition coefficient (Wildman–Crippen LogP) is 6.61. The first-order chi connectivity index (χ1) is 24.2. The van der Waals surface area contributed by atoms with Crippen LogP contribution in [0.4, 0.5) is 13.2 Å². The molecule has 0 unspecified atom stereocenters. The first-order valence-corrected chi connectivity index (χ1v) is 15.7. The lowest BCUT2D eigenvalue weighted by atomic mass is 9.81. The molecule has 3 N–H and O–H groups in total. The molecule has 14 heteroatoms. The fourth-order valence-corrected chi connectivity index (χ4v) is 5.56. The van der Waals surface area contributed by atoms with E-state index in [2.05, 4.69) is 20.9 Å². The summed E-state index contributed by atoms with van der Waals surface area (Å²) < 4.78 is 57.7. The highest BCUT2D eigenvalue weighted by atomic mass is 19.4. The Morgan fingerprint density at radius 3 is 2.50 bits per heavy atom. The molecule has 11 nitrogen and oxygen atoms in total. The van der Waals surface area contributed by atoms with E-state index in [-0.39, 0.29) is 32.0 Å². The highest BCUT2D eigenvalue weighted by molar-refractivity contribution is 6.01. The minimum Gasteiger partial charge on any atom is -0.497 e. The van der Waals surface area contributed by atoms with E-state index in [1.54, 1.807) is 66.7 Å². The number of hydrogen-bond donors (Lipinski definition) is 3. The second kappa shape index (κ2) is 16.2. The number of ether oxygens (including phenoxy) is 3. The van der Waals surface area contributed by atoms with Gasteiger partial charge in [0.1, 0.15) is 11.5 Å². The lowest BCUT2D eigenvalue weighted by Gasteiger charge is -2.31. The van der Waals surface area contributed by atoms with Crippen molar-refractivity contribution in [1.82, 2.24) is 10.9 Å². The number of halogens is 3. The van der Waals surface area contributed by atoms with Crippen LogP contribution in [0.15, 0.2) is 107 Å². The van der Waals surface area contributed by atoms with Crippen LogP contribution in [0.2, 0.25) is 0 Å². The molecule has 0 aliphatic carbocycles. The molecule has 260 valence electrons. The van der Waals surface area contributed by atoms with Crippen LogP contribution >= 0.6 is 0 Å². The molecule has 50 heavy (non-hydrogen) atoms. The molecule has 0 aromatic heterocycles. The first-order valence-electron chi connectivity index (χ1n) is 15.7. The molecule has 0 bridgehead atoms. The average Bonchev–Trinajstić information content (AvgIpc) is 3.52. The molecule has 5 rings (SSSR count). The summed E-state index contributed by atoms with van der Waals surface area (Å²) in [6.45, 7) is 0.242. The smallest absolute Gasteiger partial charge is 0.416 e. The van der Waals surface area contributed by atoms with E-state index >= 15 is 0 Å². The highest BCUT2D eigenvalue weighted by Crippen LogP contribution is 2.43. The third kappa shape index (κ3) is 8.53. The van der Waals surface area contributed by atoms with Crippen molar-refractivity contribution in [2.24, 2.45) is 10.1 Å². The molecule has 1 aliphatic rings. The van der Waals surface area contributed by atoms with Gasteiger partial charge in [-0.25, -0.2) is 10.4 Å². The quantitative estimate of drug-likeness (QED) is 0.0421. The number of methoxy groups -OCH3 is 1. The van der Waals surface area contributed by atoms with Crippen molar-refractivity contribution >= 4 is 11.8 Å². The average molecular weight is 689 g/mol. The maximum Gasteiger partial charge on any atom is 0.416 e. The Morgan fingerprint density at radius 1 is 1.02 bits per heavy atom. The van der Waals surface area contributed by atoms with Crippen molar-refractivity contribution in [2.75, 3.05) is 20.3 Å². The molecule has 4 aromatic carbocycles. The monoisotopic (exact) mass is 688 g/mol. The van der Waals surface area contributed by atoms with E-state index in [4.69, 9.17) is 29.8 Å². The van der Waals surface area contributed by atoms with E-state index in [1.165, 1.54) is 19.2 Å². The fourth-order valence-electron chi connectivity index (χ4n) is 5.56. The zero-order valence-corrected chi connectivity index (χ0v) is 27.1. The highest BCUT2D eigenvalue weighted by Gasteiger charge is 2.53. The molecule has 0 fully saturated rings. The molecule has 1 heterocycles. The van der Waals surface area contributed by atoms with Gasteiger partial charge in [-0.05, 0) is 70.2 Å². The van der Waals surface area contributed by atoms with Gasteiger partial charge in [0.15, 0.2) is 11.6 Å². The third-order valence-electron chi connectivity index (χ3n) is 8.06. The maximum atomic E-state index is 14.5. The largest absolute Gasteiger partial charge is 0.497 e. The molecule has 2 atom stereocenters. The molecular formula is C36H35F3N6O5. The van der Waals surface area contributed by atoms with Crippen LogP contribution in [-0.4, -0.2) is 42.8 Å². The standard InChI is InChI=1S/C36H35F3N6O5/c1-48-31-12-5-10-26(20-31)32-35(21-27-8-2-3-9-28(27)23-42-45-40,34(47)44-41-22-24-7-4-11-29(19-24)36(37,38)39)43-33(50-32)25-13-15-30(16-14-25)49-18-6-17-46/h2-5,7-16,19-20,32,41,46H,6,17-18,21-23H2,1H3,(H,44,47)/t32-,35-/m0/s1. The normalized spacial score (nSPS) is 16.9. The molecule has 0 radical (unpaired) electrons. The van der Waals surface area contributed by atoms with Crippen LogP contribution < -0.4 is 20.3 Å². The minimum atomic E-state index is -4.52. The summed E-state index contributed by atoms with van der Waals surface area (Å²) in [6.07, 6.45) is -5.06. The minimum absolute atomic E-state index is 0.000667. The Morgan fingerprint density at radius 2 is 1.78 bits per heavy atom. The number of aliphatic hydroxyl groups is 1.